The highest BCUT2D eigenvalue weighted by atomic mass is 32.1. The minimum absolute atomic E-state index is 0.00136. The number of carbonyl (C=O) groups is 1. The molecule has 4 nitrogen and oxygen atoms in total. The number of benzene rings is 2. The lowest BCUT2D eigenvalue weighted by Gasteiger charge is -2.32. The molecule has 2 aromatic carbocycles. The highest BCUT2D eigenvalue weighted by Crippen LogP contribution is 2.35. The van der Waals surface area contributed by atoms with Gasteiger partial charge in [0.25, 0.3) is 0 Å². The van der Waals surface area contributed by atoms with Crippen LogP contribution >= 0.6 is 11.3 Å². The first-order valence-electron chi connectivity index (χ1n) is 9.23. The smallest absolute Gasteiger partial charge is 0.230 e. The van der Waals surface area contributed by atoms with Gasteiger partial charge in [-0.15, -0.1) is 10.2 Å². The van der Waals surface area contributed by atoms with Crippen LogP contribution in [0, 0.1) is 11.3 Å². The highest BCUT2D eigenvalue weighted by Gasteiger charge is 2.34. The number of hydrogen-bond acceptors (Lipinski definition) is 4. The van der Waals surface area contributed by atoms with Gasteiger partial charge in [0.2, 0.25) is 11.0 Å². The molecule has 1 unspecified atom stereocenters. The first kappa shape index (κ1) is 19.2. The molecule has 0 radical (unpaired) electrons. The first-order chi connectivity index (χ1) is 13.0. The lowest BCUT2D eigenvalue weighted by molar-refractivity contribution is -0.123. The molecule has 0 spiro atoms. The number of rotatable bonds is 7. The van der Waals surface area contributed by atoms with Crippen LogP contribution in [0.4, 0.5) is 5.13 Å². The van der Waals surface area contributed by atoms with Crippen LogP contribution in [0.2, 0.25) is 0 Å². The first-order valence-corrected chi connectivity index (χ1v) is 10.0. The lowest BCUT2D eigenvalue weighted by atomic mass is 9.73. The molecule has 3 rings (SSSR count). The molecule has 1 atom stereocenters. The quantitative estimate of drug-likeness (QED) is 0.595. The zero-order valence-electron chi connectivity index (χ0n) is 16.0. The molecular formula is C22H25N3OS. The number of hydrogen-bond donors (Lipinski definition) is 1. The maximum Gasteiger partial charge on any atom is 0.230 e. The van der Waals surface area contributed by atoms with Gasteiger partial charge >= 0.3 is 0 Å². The van der Waals surface area contributed by atoms with Crippen LogP contribution in [0.15, 0.2) is 60.7 Å². The summed E-state index contributed by atoms with van der Waals surface area (Å²) < 4.78 is 0. The van der Waals surface area contributed by atoms with Crippen molar-refractivity contribution < 1.29 is 4.79 Å². The van der Waals surface area contributed by atoms with Crippen molar-refractivity contribution in [2.75, 3.05) is 5.32 Å². The van der Waals surface area contributed by atoms with Crippen LogP contribution in [0.3, 0.4) is 0 Å². The van der Waals surface area contributed by atoms with Crippen molar-refractivity contribution in [2.45, 2.75) is 33.6 Å². The molecule has 3 aromatic rings. The average molecular weight is 380 g/mol. The number of aromatic nitrogens is 2. The van der Waals surface area contributed by atoms with Crippen molar-refractivity contribution in [1.82, 2.24) is 10.2 Å². The molecular weight excluding hydrogens is 354 g/mol. The Bertz CT molecular complexity index is 875. The van der Waals surface area contributed by atoms with Gasteiger partial charge in [0.1, 0.15) is 5.01 Å². The SMILES string of the molecule is CCC(C)(C)C(Cc1ccccc1)C(=O)Nc1nnc(-c2ccccc2)s1. The minimum atomic E-state index is -0.144. The van der Waals surface area contributed by atoms with Crippen LogP contribution < -0.4 is 5.32 Å². The Labute approximate surface area is 164 Å². The molecule has 0 bridgehead atoms. The summed E-state index contributed by atoms with van der Waals surface area (Å²) in [6.07, 6.45) is 1.63. The van der Waals surface area contributed by atoms with Crippen LogP contribution in [-0.4, -0.2) is 16.1 Å². The summed E-state index contributed by atoms with van der Waals surface area (Å²) in [7, 11) is 0. The van der Waals surface area contributed by atoms with E-state index in [2.05, 4.69) is 48.4 Å². The Morgan fingerprint density at radius 1 is 1.04 bits per heavy atom. The van der Waals surface area contributed by atoms with Crippen molar-refractivity contribution in [1.29, 1.82) is 0 Å². The molecule has 1 N–H and O–H groups in total. The number of amides is 1. The van der Waals surface area contributed by atoms with Gasteiger partial charge in [0.05, 0.1) is 0 Å². The molecule has 0 aliphatic carbocycles. The van der Waals surface area contributed by atoms with Gasteiger partial charge in [-0.1, -0.05) is 99.2 Å². The van der Waals surface area contributed by atoms with Gasteiger partial charge in [-0.2, -0.15) is 0 Å². The molecule has 1 aromatic heterocycles. The monoisotopic (exact) mass is 379 g/mol. The topological polar surface area (TPSA) is 54.9 Å². The van der Waals surface area contributed by atoms with E-state index in [1.165, 1.54) is 16.9 Å². The standard InChI is InChI=1S/C22H25N3OS/c1-4-22(2,3)18(15-16-11-7-5-8-12-16)19(26)23-21-25-24-20(27-21)17-13-9-6-10-14-17/h5-14,18H,4,15H2,1-3H3,(H,23,25,26). The fraction of sp³-hybridized carbons (Fsp3) is 0.318. The number of nitrogens with one attached hydrogen (secondary N) is 1. The van der Waals surface area contributed by atoms with Crippen molar-refractivity contribution in [3.63, 3.8) is 0 Å². The van der Waals surface area contributed by atoms with Gasteiger partial charge < -0.3 is 5.32 Å². The average Bonchev–Trinajstić information content (AvgIpc) is 3.16. The lowest BCUT2D eigenvalue weighted by Crippen LogP contribution is -2.36. The largest absolute Gasteiger partial charge is 0.300 e. The second-order valence-electron chi connectivity index (χ2n) is 7.35. The summed E-state index contributed by atoms with van der Waals surface area (Å²) in [6.45, 7) is 6.43. The van der Waals surface area contributed by atoms with Gasteiger partial charge in [0, 0.05) is 11.5 Å². The van der Waals surface area contributed by atoms with Crippen molar-refractivity contribution in [2.24, 2.45) is 11.3 Å². The van der Waals surface area contributed by atoms with Crippen LogP contribution in [0.1, 0.15) is 32.8 Å². The number of nitrogens with zero attached hydrogens (tertiary/aromatic N) is 2. The summed E-state index contributed by atoms with van der Waals surface area (Å²) in [5, 5.41) is 12.7. The predicted octanol–water partition coefficient (Wildman–Crippen LogP) is 5.44. The third-order valence-corrected chi connectivity index (χ3v) is 6.02. The van der Waals surface area contributed by atoms with Gasteiger partial charge in [0.15, 0.2) is 0 Å². The molecule has 0 aliphatic rings. The fourth-order valence-electron chi connectivity index (χ4n) is 2.98. The number of anilines is 1. The third-order valence-electron chi connectivity index (χ3n) is 5.13. The summed E-state index contributed by atoms with van der Waals surface area (Å²) in [4.78, 5) is 13.1. The minimum Gasteiger partial charge on any atom is -0.300 e. The van der Waals surface area contributed by atoms with E-state index in [9.17, 15) is 4.79 Å². The molecule has 0 fully saturated rings. The Morgan fingerprint density at radius 3 is 2.30 bits per heavy atom. The normalized spacial score (nSPS) is 12.6. The van der Waals surface area contributed by atoms with E-state index in [0.29, 0.717) is 11.6 Å². The maximum absolute atomic E-state index is 13.1. The zero-order chi connectivity index (χ0) is 19.3. The van der Waals surface area contributed by atoms with Crippen LogP contribution in [-0.2, 0) is 11.2 Å². The van der Waals surface area contributed by atoms with Crippen molar-refractivity contribution >= 4 is 22.4 Å². The predicted molar refractivity (Wildman–Crippen MR) is 112 cm³/mol. The van der Waals surface area contributed by atoms with E-state index in [1.54, 1.807) is 0 Å². The zero-order valence-corrected chi connectivity index (χ0v) is 16.8. The van der Waals surface area contributed by atoms with E-state index < -0.39 is 0 Å². The molecule has 1 amide bonds. The molecule has 1 heterocycles. The summed E-state index contributed by atoms with van der Waals surface area (Å²) in [6, 6.07) is 20.1. The molecule has 0 saturated heterocycles. The fourth-order valence-corrected chi connectivity index (χ4v) is 3.74. The van der Waals surface area contributed by atoms with Crippen molar-refractivity contribution in [3.8, 4) is 10.6 Å². The maximum atomic E-state index is 13.1. The summed E-state index contributed by atoms with van der Waals surface area (Å²) >= 11 is 1.40. The molecule has 5 heteroatoms. The molecule has 27 heavy (non-hydrogen) atoms. The van der Waals surface area contributed by atoms with Gasteiger partial charge in [-0.25, -0.2) is 0 Å². The van der Waals surface area contributed by atoms with E-state index in [4.69, 9.17) is 0 Å². The van der Waals surface area contributed by atoms with E-state index in [0.717, 1.165) is 17.0 Å². The van der Waals surface area contributed by atoms with E-state index in [-0.39, 0.29) is 17.2 Å². The van der Waals surface area contributed by atoms with E-state index >= 15 is 0 Å². The van der Waals surface area contributed by atoms with Crippen molar-refractivity contribution in [3.05, 3.63) is 66.2 Å². The Hall–Kier alpha value is -2.53. The number of carbonyl (C=O) groups excluding carboxylic acids is 1. The van der Waals surface area contributed by atoms with E-state index in [1.807, 2.05) is 48.5 Å². The van der Waals surface area contributed by atoms with Gasteiger partial charge in [-0.3, -0.25) is 4.79 Å². The summed E-state index contributed by atoms with van der Waals surface area (Å²) in [5.74, 6) is -0.143. The molecule has 0 saturated carbocycles. The van der Waals surface area contributed by atoms with Crippen LogP contribution in [0.5, 0.6) is 0 Å². The second kappa shape index (κ2) is 8.44. The highest BCUT2D eigenvalue weighted by molar-refractivity contribution is 7.18. The molecule has 0 aliphatic heterocycles. The van der Waals surface area contributed by atoms with Gasteiger partial charge in [-0.05, 0) is 17.4 Å². The second-order valence-corrected chi connectivity index (χ2v) is 8.33. The summed E-state index contributed by atoms with van der Waals surface area (Å²) in [5.41, 5.74) is 2.05. The Morgan fingerprint density at radius 2 is 1.67 bits per heavy atom. The Balaban J connectivity index is 1.77. The van der Waals surface area contributed by atoms with Crippen LogP contribution in [0.25, 0.3) is 10.6 Å². The third kappa shape index (κ3) is 4.80. The molecule has 140 valence electrons. The Kier molecular flexibility index (Phi) is 6.01.